The number of rotatable bonds is 2. The molecular formula is C15H29N. The smallest absolute Gasteiger partial charge is 0.00668 e. The molecule has 0 aromatic heterocycles. The van der Waals surface area contributed by atoms with Crippen LogP contribution in [0.3, 0.4) is 0 Å². The van der Waals surface area contributed by atoms with E-state index in [1.54, 1.807) is 0 Å². The van der Waals surface area contributed by atoms with Crippen LogP contribution in [0.15, 0.2) is 0 Å². The van der Waals surface area contributed by atoms with Gasteiger partial charge in [0, 0.05) is 6.04 Å². The van der Waals surface area contributed by atoms with E-state index in [1.165, 1.54) is 57.8 Å². The Balaban J connectivity index is 1.86. The van der Waals surface area contributed by atoms with Crippen molar-refractivity contribution in [2.75, 3.05) is 7.05 Å². The summed E-state index contributed by atoms with van der Waals surface area (Å²) in [6.45, 7) is 2.43. The highest BCUT2D eigenvalue weighted by Gasteiger charge is 2.28. The Morgan fingerprint density at radius 2 is 1.50 bits per heavy atom. The summed E-state index contributed by atoms with van der Waals surface area (Å²) in [5.41, 5.74) is 0. The van der Waals surface area contributed by atoms with Gasteiger partial charge in [-0.2, -0.15) is 0 Å². The topological polar surface area (TPSA) is 12.0 Å². The van der Waals surface area contributed by atoms with Gasteiger partial charge in [-0.1, -0.05) is 39.0 Å². The maximum Gasteiger partial charge on any atom is 0.00668 e. The Labute approximate surface area is 101 Å². The molecule has 0 aliphatic heterocycles. The van der Waals surface area contributed by atoms with E-state index in [1.807, 2.05) is 0 Å². The molecule has 2 unspecified atom stereocenters. The zero-order valence-electron chi connectivity index (χ0n) is 11.2. The van der Waals surface area contributed by atoms with Crippen molar-refractivity contribution in [1.29, 1.82) is 0 Å². The number of hydrogen-bond donors (Lipinski definition) is 1. The van der Waals surface area contributed by atoms with Crippen LogP contribution in [0, 0.1) is 17.8 Å². The van der Waals surface area contributed by atoms with Crippen LogP contribution in [0.5, 0.6) is 0 Å². The van der Waals surface area contributed by atoms with Crippen molar-refractivity contribution in [3.05, 3.63) is 0 Å². The summed E-state index contributed by atoms with van der Waals surface area (Å²) >= 11 is 0. The zero-order chi connectivity index (χ0) is 11.4. The van der Waals surface area contributed by atoms with Crippen molar-refractivity contribution < 1.29 is 0 Å². The molecule has 0 saturated heterocycles. The van der Waals surface area contributed by atoms with Crippen molar-refractivity contribution in [1.82, 2.24) is 5.32 Å². The van der Waals surface area contributed by atoms with Crippen molar-refractivity contribution in [3.63, 3.8) is 0 Å². The summed E-state index contributed by atoms with van der Waals surface area (Å²) < 4.78 is 0. The Morgan fingerprint density at radius 3 is 2.19 bits per heavy atom. The Bertz CT molecular complexity index is 194. The summed E-state index contributed by atoms with van der Waals surface area (Å²) in [7, 11) is 2.15. The predicted octanol–water partition coefficient (Wildman–Crippen LogP) is 3.98. The van der Waals surface area contributed by atoms with Gasteiger partial charge >= 0.3 is 0 Å². The molecule has 2 atom stereocenters. The molecule has 0 spiro atoms. The fourth-order valence-corrected chi connectivity index (χ4v) is 3.85. The summed E-state index contributed by atoms with van der Waals surface area (Å²) in [5, 5.41) is 3.52. The second kappa shape index (κ2) is 6.05. The quantitative estimate of drug-likeness (QED) is 0.698. The average molecular weight is 223 g/mol. The third-order valence-corrected chi connectivity index (χ3v) is 5.10. The normalized spacial score (nSPS) is 41.6. The van der Waals surface area contributed by atoms with Gasteiger partial charge in [0.25, 0.3) is 0 Å². The molecule has 0 aromatic rings. The first-order valence-corrected chi connectivity index (χ1v) is 7.47. The SMILES string of the molecule is CNC1CCCCC(C2CCC(C)CC2)C1. The van der Waals surface area contributed by atoms with E-state index in [4.69, 9.17) is 0 Å². The van der Waals surface area contributed by atoms with Crippen LogP contribution in [-0.4, -0.2) is 13.1 Å². The first kappa shape index (κ1) is 12.4. The van der Waals surface area contributed by atoms with E-state index >= 15 is 0 Å². The molecule has 1 nitrogen and oxygen atoms in total. The van der Waals surface area contributed by atoms with Crippen molar-refractivity contribution in [2.24, 2.45) is 17.8 Å². The Morgan fingerprint density at radius 1 is 0.812 bits per heavy atom. The second-order valence-corrected chi connectivity index (χ2v) is 6.29. The lowest BCUT2D eigenvalue weighted by Gasteiger charge is -2.33. The zero-order valence-corrected chi connectivity index (χ0v) is 11.2. The molecule has 94 valence electrons. The van der Waals surface area contributed by atoms with Crippen LogP contribution in [0.25, 0.3) is 0 Å². The lowest BCUT2D eigenvalue weighted by molar-refractivity contribution is 0.188. The summed E-state index contributed by atoms with van der Waals surface area (Å²) in [4.78, 5) is 0. The van der Waals surface area contributed by atoms with Gasteiger partial charge in [0.15, 0.2) is 0 Å². The average Bonchev–Trinajstić information content (AvgIpc) is 2.55. The van der Waals surface area contributed by atoms with E-state index in [2.05, 4.69) is 19.3 Å². The molecule has 1 N–H and O–H groups in total. The van der Waals surface area contributed by atoms with Crippen molar-refractivity contribution in [2.45, 2.75) is 70.8 Å². The maximum absolute atomic E-state index is 3.52. The van der Waals surface area contributed by atoms with Crippen LogP contribution < -0.4 is 5.32 Å². The van der Waals surface area contributed by atoms with E-state index in [9.17, 15) is 0 Å². The van der Waals surface area contributed by atoms with Gasteiger partial charge in [-0.15, -0.1) is 0 Å². The summed E-state index contributed by atoms with van der Waals surface area (Å²) in [6.07, 6.45) is 13.3. The van der Waals surface area contributed by atoms with Gasteiger partial charge in [0.1, 0.15) is 0 Å². The van der Waals surface area contributed by atoms with E-state index in [0.717, 1.165) is 23.8 Å². The molecular weight excluding hydrogens is 194 g/mol. The van der Waals surface area contributed by atoms with Gasteiger partial charge in [-0.3, -0.25) is 0 Å². The lowest BCUT2D eigenvalue weighted by atomic mass is 9.73. The highest BCUT2D eigenvalue weighted by Crippen LogP contribution is 2.39. The molecule has 2 aliphatic rings. The van der Waals surface area contributed by atoms with Crippen LogP contribution in [-0.2, 0) is 0 Å². The highest BCUT2D eigenvalue weighted by atomic mass is 14.9. The first-order valence-electron chi connectivity index (χ1n) is 7.47. The minimum absolute atomic E-state index is 0.812. The molecule has 16 heavy (non-hydrogen) atoms. The molecule has 0 heterocycles. The van der Waals surface area contributed by atoms with Gasteiger partial charge in [0.2, 0.25) is 0 Å². The van der Waals surface area contributed by atoms with Crippen LogP contribution in [0.1, 0.15) is 64.7 Å². The Kier molecular flexibility index (Phi) is 4.69. The first-order chi connectivity index (χ1) is 7.79. The molecule has 0 aromatic carbocycles. The van der Waals surface area contributed by atoms with E-state index < -0.39 is 0 Å². The molecule has 1 heteroatoms. The fourth-order valence-electron chi connectivity index (χ4n) is 3.85. The van der Waals surface area contributed by atoms with Gasteiger partial charge < -0.3 is 5.32 Å². The number of nitrogens with one attached hydrogen (secondary N) is 1. The van der Waals surface area contributed by atoms with Crippen LogP contribution in [0.4, 0.5) is 0 Å². The summed E-state index contributed by atoms with van der Waals surface area (Å²) in [5.74, 6) is 3.10. The minimum atomic E-state index is 0.812. The van der Waals surface area contributed by atoms with Crippen LogP contribution >= 0.6 is 0 Å². The molecule has 2 rings (SSSR count). The largest absolute Gasteiger partial charge is 0.317 e. The third kappa shape index (κ3) is 3.23. The minimum Gasteiger partial charge on any atom is -0.317 e. The van der Waals surface area contributed by atoms with E-state index in [-0.39, 0.29) is 0 Å². The predicted molar refractivity (Wildman–Crippen MR) is 70.5 cm³/mol. The molecule has 2 saturated carbocycles. The summed E-state index contributed by atoms with van der Waals surface area (Å²) in [6, 6.07) is 0.812. The molecule has 2 fully saturated rings. The highest BCUT2D eigenvalue weighted by molar-refractivity contribution is 4.82. The molecule has 0 amide bonds. The number of hydrogen-bond acceptors (Lipinski definition) is 1. The van der Waals surface area contributed by atoms with Gasteiger partial charge in [-0.05, 0) is 50.5 Å². The Hall–Kier alpha value is -0.0400. The van der Waals surface area contributed by atoms with Crippen LogP contribution in [0.2, 0.25) is 0 Å². The van der Waals surface area contributed by atoms with E-state index in [0.29, 0.717) is 0 Å². The maximum atomic E-state index is 3.52. The fraction of sp³-hybridized carbons (Fsp3) is 1.00. The monoisotopic (exact) mass is 223 g/mol. The van der Waals surface area contributed by atoms with Gasteiger partial charge in [-0.25, -0.2) is 0 Å². The second-order valence-electron chi connectivity index (χ2n) is 6.29. The molecule has 0 radical (unpaired) electrons. The molecule has 2 aliphatic carbocycles. The van der Waals surface area contributed by atoms with Crippen molar-refractivity contribution >= 4 is 0 Å². The standard InChI is InChI=1S/C15H29N/c1-12-7-9-13(10-8-12)14-5-3-4-6-15(11-14)16-2/h12-16H,3-11H2,1-2H3. The third-order valence-electron chi connectivity index (χ3n) is 5.10. The van der Waals surface area contributed by atoms with Gasteiger partial charge in [0.05, 0.1) is 0 Å². The van der Waals surface area contributed by atoms with Crippen molar-refractivity contribution in [3.8, 4) is 0 Å². The lowest BCUT2D eigenvalue weighted by Crippen LogP contribution is -2.30. The molecule has 0 bridgehead atoms.